The summed E-state index contributed by atoms with van der Waals surface area (Å²) in [4.78, 5) is 34.8. The summed E-state index contributed by atoms with van der Waals surface area (Å²) in [7, 11) is 1.54. The van der Waals surface area contributed by atoms with Gasteiger partial charge in [-0.05, 0) is 31.0 Å². The van der Waals surface area contributed by atoms with Crippen LogP contribution in [0.3, 0.4) is 0 Å². The van der Waals surface area contributed by atoms with E-state index in [0.717, 1.165) is 17.2 Å². The summed E-state index contributed by atoms with van der Waals surface area (Å²) in [5, 5.41) is 16.6. The lowest BCUT2D eigenvalue weighted by Gasteiger charge is -2.17. The molecule has 1 amide bonds. The highest BCUT2D eigenvalue weighted by Crippen LogP contribution is 2.25. The van der Waals surface area contributed by atoms with Gasteiger partial charge in [0, 0.05) is 13.1 Å². The fourth-order valence-electron chi connectivity index (χ4n) is 2.69. The Kier molecular flexibility index (Phi) is 7.08. The van der Waals surface area contributed by atoms with Crippen LogP contribution in [0.4, 0.5) is 11.4 Å². The van der Waals surface area contributed by atoms with Gasteiger partial charge in [0.2, 0.25) is 0 Å². The van der Waals surface area contributed by atoms with Gasteiger partial charge in [-0.15, -0.1) is 0 Å². The summed E-state index contributed by atoms with van der Waals surface area (Å²) in [6.45, 7) is 3.46. The SMILES string of the molecule is CC[C@@H](NC(=O)COC(=O)c1ccc(NC)c([N+](=O)[O-])c1)c1ccc(C)cc1. The maximum Gasteiger partial charge on any atom is 0.338 e. The largest absolute Gasteiger partial charge is 0.452 e. The summed E-state index contributed by atoms with van der Waals surface area (Å²) in [5.41, 5.74) is 2.13. The smallest absolute Gasteiger partial charge is 0.338 e. The van der Waals surface area contributed by atoms with Gasteiger partial charge in [-0.1, -0.05) is 36.8 Å². The molecule has 0 radical (unpaired) electrons. The van der Waals surface area contributed by atoms with Crippen LogP contribution >= 0.6 is 0 Å². The highest BCUT2D eigenvalue weighted by atomic mass is 16.6. The van der Waals surface area contributed by atoms with Crippen LogP contribution in [0, 0.1) is 17.0 Å². The fraction of sp³-hybridized carbons (Fsp3) is 0.300. The monoisotopic (exact) mass is 385 g/mol. The van der Waals surface area contributed by atoms with Crippen molar-refractivity contribution in [3.8, 4) is 0 Å². The zero-order valence-electron chi connectivity index (χ0n) is 16.0. The number of benzene rings is 2. The van der Waals surface area contributed by atoms with Gasteiger partial charge in [0.25, 0.3) is 11.6 Å². The molecule has 0 aliphatic rings. The predicted octanol–water partition coefficient (Wildman–Crippen LogP) is 3.37. The molecule has 2 N–H and O–H groups in total. The molecule has 0 saturated heterocycles. The lowest BCUT2D eigenvalue weighted by Crippen LogP contribution is -2.32. The molecular weight excluding hydrogens is 362 g/mol. The summed E-state index contributed by atoms with van der Waals surface area (Å²) in [5.74, 6) is -1.24. The Bertz CT molecular complexity index is 865. The Labute approximate surface area is 163 Å². The van der Waals surface area contributed by atoms with Crippen molar-refractivity contribution in [3.63, 3.8) is 0 Å². The first kappa shape index (κ1) is 20.9. The van der Waals surface area contributed by atoms with Crippen molar-refractivity contribution in [2.45, 2.75) is 26.3 Å². The molecule has 0 saturated carbocycles. The molecule has 148 valence electrons. The highest BCUT2D eigenvalue weighted by molar-refractivity contribution is 5.93. The maximum atomic E-state index is 12.2. The van der Waals surface area contributed by atoms with E-state index in [1.165, 1.54) is 12.1 Å². The Morgan fingerprint density at radius 2 is 1.86 bits per heavy atom. The van der Waals surface area contributed by atoms with Crippen LogP contribution < -0.4 is 10.6 Å². The number of nitro benzene ring substituents is 1. The molecule has 2 aromatic carbocycles. The Balaban J connectivity index is 1.98. The number of amides is 1. The van der Waals surface area contributed by atoms with Crippen LogP contribution in [0.5, 0.6) is 0 Å². The molecule has 0 heterocycles. The molecule has 0 fully saturated rings. The predicted molar refractivity (Wildman–Crippen MR) is 105 cm³/mol. The second kappa shape index (κ2) is 9.50. The zero-order chi connectivity index (χ0) is 20.7. The number of ether oxygens (including phenoxy) is 1. The molecule has 2 aromatic rings. The van der Waals surface area contributed by atoms with Crippen molar-refractivity contribution in [3.05, 3.63) is 69.3 Å². The Hall–Kier alpha value is -3.42. The number of nitrogens with zero attached hydrogens (tertiary/aromatic N) is 1. The molecule has 2 rings (SSSR count). The molecule has 0 bridgehead atoms. The average molecular weight is 385 g/mol. The second-order valence-electron chi connectivity index (χ2n) is 6.25. The van der Waals surface area contributed by atoms with Crippen LogP contribution in [-0.2, 0) is 9.53 Å². The summed E-state index contributed by atoms with van der Waals surface area (Å²) in [6, 6.07) is 11.6. The lowest BCUT2D eigenvalue weighted by atomic mass is 10.0. The number of anilines is 1. The van der Waals surface area contributed by atoms with E-state index in [2.05, 4.69) is 10.6 Å². The van der Waals surface area contributed by atoms with Gasteiger partial charge >= 0.3 is 5.97 Å². The molecule has 0 aromatic heterocycles. The maximum absolute atomic E-state index is 12.2. The van der Waals surface area contributed by atoms with Crippen molar-refractivity contribution in [2.24, 2.45) is 0 Å². The van der Waals surface area contributed by atoms with Crippen LogP contribution in [-0.4, -0.2) is 30.5 Å². The third-order valence-electron chi connectivity index (χ3n) is 4.26. The van der Waals surface area contributed by atoms with E-state index in [4.69, 9.17) is 4.74 Å². The first-order chi connectivity index (χ1) is 13.3. The first-order valence-corrected chi connectivity index (χ1v) is 8.85. The number of carbonyl (C=O) groups excluding carboxylic acids is 2. The Morgan fingerprint density at radius 3 is 2.43 bits per heavy atom. The van der Waals surface area contributed by atoms with E-state index in [-0.39, 0.29) is 23.0 Å². The summed E-state index contributed by atoms with van der Waals surface area (Å²) in [6.07, 6.45) is 0.681. The van der Waals surface area contributed by atoms with E-state index in [1.807, 2.05) is 38.1 Å². The number of nitro groups is 1. The normalized spacial score (nSPS) is 11.4. The quantitative estimate of drug-likeness (QED) is 0.409. The van der Waals surface area contributed by atoms with Crippen LogP contribution in [0.1, 0.15) is 40.9 Å². The third kappa shape index (κ3) is 5.29. The average Bonchev–Trinajstić information content (AvgIpc) is 2.70. The van der Waals surface area contributed by atoms with Crippen molar-refractivity contribution < 1.29 is 19.2 Å². The van der Waals surface area contributed by atoms with Crippen molar-refractivity contribution in [1.29, 1.82) is 0 Å². The first-order valence-electron chi connectivity index (χ1n) is 8.85. The van der Waals surface area contributed by atoms with E-state index >= 15 is 0 Å². The van der Waals surface area contributed by atoms with E-state index in [0.29, 0.717) is 6.42 Å². The van der Waals surface area contributed by atoms with E-state index < -0.39 is 23.4 Å². The standard InChI is InChI=1S/C20H23N3O5/c1-4-16(14-7-5-13(2)6-8-14)22-19(24)12-28-20(25)15-9-10-17(21-3)18(11-15)23(26)27/h5-11,16,21H,4,12H2,1-3H3,(H,22,24)/t16-/m1/s1. The topological polar surface area (TPSA) is 111 Å². The van der Waals surface area contributed by atoms with Crippen molar-refractivity contribution in [1.82, 2.24) is 5.32 Å². The number of esters is 1. The second-order valence-corrected chi connectivity index (χ2v) is 6.25. The van der Waals surface area contributed by atoms with E-state index in [1.54, 1.807) is 7.05 Å². The summed E-state index contributed by atoms with van der Waals surface area (Å²) >= 11 is 0. The molecule has 0 aliphatic heterocycles. The minimum absolute atomic E-state index is 0.00377. The minimum Gasteiger partial charge on any atom is -0.452 e. The van der Waals surface area contributed by atoms with Crippen LogP contribution in [0.2, 0.25) is 0 Å². The van der Waals surface area contributed by atoms with Crippen LogP contribution in [0.25, 0.3) is 0 Å². The lowest BCUT2D eigenvalue weighted by molar-refractivity contribution is -0.384. The van der Waals surface area contributed by atoms with Gasteiger partial charge in [-0.3, -0.25) is 14.9 Å². The Morgan fingerprint density at radius 1 is 1.18 bits per heavy atom. The molecule has 1 atom stereocenters. The number of aryl methyl sites for hydroxylation is 1. The van der Waals surface area contributed by atoms with Crippen molar-refractivity contribution >= 4 is 23.3 Å². The summed E-state index contributed by atoms with van der Waals surface area (Å²) < 4.78 is 5.00. The number of hydrogen-bond donors (Lipinski definition) is 2. The van der Waals surface area contributed by atoms with Gasteiger partial charge in [0.05, 0.1) is 16.5 Å². The van der Waals surface area contributed by atoms with Gasteiger partial charge in [-0.2, -0.15) is 0 Å². The number of nitrogens with one attached hydrogen (secondary N) is 2. The molecule has 8 heteroatoms. The van der Waals surface area contributed by atoms with E-state index in [9.17, 15) is 19.7 Å². The van der Waals surface area contributed by atoms with Gasteiger partial charge in [-0.25, -0.2) is 4.79 Å². The molecule has 8 nitrogen and oxygen atoms in total. The fourth-order valence-corrected chi connectivity index (χ4v) is 2.69. The number of hydrogen-bond acceptors (Lipinski definition) is 6. The number of rotatable bonds is 8. The highest BCUT2D eigenvalue weighted by Gasteiger charge is 2.19. The van der Waals surface area contributed by atoms with Crippen molar-refractivity contribution in [2.75, 3.05) is 19.0 Å². The molecular formula is C20H23N3O5. The molecule has 0 spiro atoms. The van der Waals surface area contributed by atoms with Crippen LogP contribution in [0.15, 0.2) is 42.5 Å². The third-order valence-corrected chi connectivity index (χ3v) is 4.26. The minimum atomic E-state index is -0.802. The van der Waals surface area contributed by atoms with Gasteiger partial charge in [0.15, 0.2) is 6.61 Å². The van der Waals surface area contributed by atoms with Gasteiger partial charge < -0.3 is 15.4 Å². The molecule has 0 aliphatic carbocycles. The molecule has 28 heavy (non-hydrogen) atoms. The number of carbonyl (C=O) groups is 2. The molecule has 0 unspecified atom stereocenters. The van der Waals surface area contributed by atoms with Gasteiger partial charge in [0.1, 0.15) is 5.69 Å². The zero-order valence-corrected chi connectivity index (χ0v) is 16.0.